The number of nitrogens with zero attached hydrogens (tertiary/aromatic N) is 3. The predicted octanol–water partition coefficient (Wildman–Crippen LogP) is 3.66. The molecule has 1 saturated heterocycles. The number of amides is 1. The van der Waals surface area contributed by atoms with Gasteiger partial charge in [0, 0.05) is 36.5 Å². The summed E-state index contributed by atoms with van der Waals surface area (Å²) in [6.45, 7) is 3.23. The zero-order valence-corrected chi connectivity index (χ0v) is 14.9. The Morgan fingerprint density at radius 1 is 1.23 bits per heavy atom. The lowest BCUT2D eigenvalue weighted by molar-refractivity contribution is -0.120. The van der Waals surface area contributed by atoms with Gasteiger partial charge >= 0.3 is 0 Å². The molecule has 6 heteroatoms. The molecule has 2 aromatic rings. The third-order valence-electron chi connectivity index (χ3n) is 5.22. The number of anilines is 2. The minimum Gasteiger partial charge on any atom is -0.356 e. The molecule has 0 bridgehead atoms. The average Bonchev–Trinajstić information content (AvgIpc) is 3.50. The van der Waals surface area contributed by atoms with Crippen LogP contribution in [0.2, 0.25) is 0 Å². The summed E-state index contributed by atoms with van der Waals surface area (Å²) in [5.74, 6) is 0.987. The Morgan fingerprint density at radius 3 is 2.85 bits per heavy atom. The molecule has 5 nitrogen and oxygen atoms in total. The van der Waals surface area contributed by atoms with Crippen molar-refractivity contribution in [2.75, 3.05) is 23.3 Å². The summed E-state index contributed by atoms with van der Waals surface area (Å²) < 4.78 is 13.7. The second-order valence-corrected chi connectivity index (χ2v) is 7.31. The van der Waals surface area contributed by atoms with Crippen molar-refractivity contribution in [2.45, 2.75) is 38.5 Å². The van der Waals surface area contributed by atoms with E-state index in [4.69, 9.17) is 0 Å². The largest absolute Gasteiger partial charge is 0.356 e. The number of piperidine rings is 1. The first-order valence-corrected chi connectivity index (χ1v) is 9.24. The Morgan fingerprint density at radius 2 is 2.08 bits per heavy atom. The molecular formula is C20H23FN4O. The lowest BCUT2D eigenvalue weighted by Gasteiger charge is -2.33. The predicted molar refractivity (Wildman–Crippen MR) is 98.7 cm³/mol. The number of carbonyl (C=O) groups is 1. The fraction of sp³-hybridized carbons (Fsp3) is 0.450. The number of halogens is 1. The molecule has 0 radical (unpaired) electrons. The average molecular weight is 354 g/mol. The van der Waals surface area contributed by atoms with Crippen LogP contribution in [0, 0.1) is 18.7 Å². The Bertz CT molecular complexity index is 821. The Labute approximate surface area is 152 Å². The summed E-state index contributed by atoms with van der Waals surface area (Å²) in [7, 11) is 0. The van der Waals surface area contributed by atoms with Gasteiger partial charge in [-0.2, -0.15) is 0 Å². The molecule has 2 heterocycles. The quantitative estimate of drug-likeness (QED) is 0.910. The number of rotatable bonds is 4. The van der Waals surface area contributed by atoms with E-state index in [1.165, 1.54) is 18.9 Å². The monoisotopic (exact) mass is 354 g/mol. The molecule has 136 valence electrons. The van der Waals surface area contributed by atoms with Gasteiger partial charge < -0.3 is 10.2 Å². The number of aryl methyl sites for hydroxylation is 1. The van der Waals surface area contributed by atoms with Gasteiger partial charge in [-0.1, -0.05) is 6.07 Å². The fourth-order valence-electron chi connectivity index (χ4n) is 3.45. The third-order valence-corrected chi connectivity index (χ3v) is 5.22. The molecule has 2 fully saturated rings. The number of hydrogen-bond acceptors (Lipinski definition) is 4. The number of nitrogens with one attached hydrogen (secondary N) is 1. The maximum Gasteiger partial charge on any atom is 0.229 e. The third kappa shape index (κ3) is 3.69. The van der Waals surface area contributed by atoms with Crippen LogP contribution in [0.1, 0.15) is 42.9 Å². The number of aromatic nitrogens is 2. The maximum absolute atomic E-state index is 13.7. The maximum atomic E-state index is 13.7. The van der Waals surface area contributed by atoms with Crippen LogP contribution in [-0.4, -0.2) is 29.0 Å². The molecule has 4 rings (SSSR count). The van der Waals surface area contributed by atoms with E-state index in [1.807, 2.05) is 0 Å². The van der Waals surface area contributed by atoms with Crippen LogP contribution < -0.4 is 10.2 Å². The van der Waals surface area contributed by atoms with Gasteiger partial charge in [-0.25, -0.2) is 14.4 Å². The van der Waals surface area contributed by atoms with Crippen LogP contribution in [0.4, 0.5) is 15.9 Å². The van der Waals surface area contributed by atoms with Gasteiger partial charge in [0.05, 0.1) is 5.92 Å². The van der Waals surface area contributed by atoms with E-state index < -0.39 is 0 Å². The molecule has 1 aromatic heterocycles. The van der Waals surface area contributed by atoms with Crippen LogP contribution >= 0.6 is 0 Å². The molecule has 1 amide bonds. The number of benzene rings is 1. The fourth-order valence-corrected chi connectivity index (χ4v) is 3.45. The van der Waals surface area contributed by atoms with Crippen LogP contribution in [0.5, 0.6) is 0 Å². The Balaban J connectivity index is 1.43. The second-order valence-electron chi connectivity index (χ2n) is 7.31. The highest BCUT2D eigenvalue weighted by molar-refractivity contribution is 5.93. The lowest BCUT2D eigenvalue weighted by atomic mass is 9.97. The SMILES string of the molecule is Cc1ccc(NC(=O)C2CCCN(c3cc(C4CC4)ncn3)C2)cc1F. The normalized spacial score (nSPS) is 20.1. The van der Waals surface area contributed by atoms with Crippen molar-refractivity contribution >= 4 is 17.4 Å². The summed E-state index contributed by atoms with van der Waals surface area (Å²) in [6.07, 6.45) is 5.80. The molecular weight excluding hydrogens is 331 g/mol. The Hall–Kier alpha value is -2.50. The topological polar surface area (TPSA) is 58.1 Å². The van der Waals surface area contributed by atoms with Gasteiger partial charge in [0.1, 0.15) is 18.0 Å². The van der Waals surface area contributed by atoms with Crippen molar-refractivity contribution in [1.82, 2.24) is 9.97 Å². The van der Waals surface area contributed by atoms with E-state index in [1.54, 1.807) is 25.4 Å². The molecule has 1 saturated carbocycles. The standard InChI is InChI=1S/C20H23FN4O/c1-13-4-7-16(9-17(13)21)24-20(26)15-3-2-8-25(11-15)19-10-18(14-5-6-14)22-12-23-19/h4,7,9-10,12,14-15H,2-3,5-6,8,11H2,1H3,(H,24,26). The van der Waals surface area contributed by atoms with Gasteiger partial charge in [-0.15, -0.1) is 0 Å². The van der Waals surface area contributed by atoms with E-state index in [0.29, 0.717) is 23.7 Å². The molecule has 1 aliphatic heterocycles. The van der Waals surface area contributed by atoms with E-state index >= 15 is 0 Å². The highest BCUT2D eigenvalue weighted by Crippen LogP contribution is 2.39. The summed E-state index contributed by atoms with van der Waals surface area (Å²) >= 11 is 0. The first kappa shape index (κ1) is 16.9. The minimum absolute atomic E-state index is 0.0607. The van der Waals surface area contributed by atoms with E-state index in [-0.39, 0.29) is 17.6 Å². The van der Waals surface area contributed by atoms with E-state index in [0.717, 1.165) is 30.9 Å². The van der Waals surface area contributed by atoms with Crippen molar-refractivity contribution in [3.63, 3.8) is 0 Å². The van der Waals surface area contributed by atoms with Crippen molar-refractivity contribution in [2.24, 2.45) is 5.92 Å². The van der Waals surface area contributed by atoms with Crippen molar-refractivity contribution in [3.05, 3.63) is 47.7 Å². The molecule has 1 atom stereocenters. The molecule has 1 unspecified atom stereocenters. The molecule has 0 spiro atoms. The van der Waals surface area contributed by atoms with Crippen LogP contribution in [0.3, 0.4) is 0 Å². The smallest absolute Gasteiger partial charge is 0.229 e. The minimum atomic E-state index is -0.304. The van der Waals surface area contributed by atoms with Crippen LogP contribution in [0.15, 0.2) is 30.6 Å². The molecule has 1 N–H and O–H groups in total. The summed E-state index contributed by atoms with van der Waals surface area (Å²) in [5, 5.41) is 2.85. The number of carbonyl (C=O) groups excluding carboxylic acids is 1. The van der Waals surface area contributed by atoms with Crippen LogP contribution in [0.25, 0.3) is 0 Å². The van der Waals surface area contributed by atoms with Gasteiger partial charge in [0.2, 0.25) is 5.91 Å². The summed E-state index contributed by atoms with van der Waals surface area (Å²) in [6, 6.07) is 6.86. The summed E-state index contributed by atoms with van der Waals surface area (Å²) in [5.41, 5.74) is 2.19. The summed E-state index contributed by atoms with van der Waals surface area (Å²) in [4.78, 5) is 23.6. The molecule has 26 heavy (non-hydrogen) atoms. The first-order valence-electron chi connectivity index (χ1n) is 9.24. The van der Waals surface area contributed by atoms with Crippen molar-refractivity contribution < 1.29 is 9.18 Å². The molecule has 1 aliphatic carbocycles. The van der Waals surface area contributed by atoms with Crippen LogP contribution in [-0.2, 0) is 4.79 Å². The van der Waals surface area contributed by atoms with Gasteiger partial charge in [0.15, 0.2) is 0 Å². The molecule has 1 aromatic carbocycles. The number of hydrogen-bond donors (Lipinski definition) is 1. The van der Waals surface area contributed by atoms with E-state index in [2.05, 4.69) is 26.3 Å². The van der Waals surface area contributed by atoms with Crippen molar-refractivity contribution in [1.29, 1.82) is 0 Å². The molecule has 2 aliphatic rings. The Kier molecular flexibility index (Phi) is 4.57. The van der Waals surface area contributed by atoms with Gasteiger partial charge in [0.25, 0.3) is 0 Å². The lowest BCUT2D eigenvalue weighted by Crippen LogP contribution is -2.41. The van der Waals surface area contributed by atoms with Crippen molar-refractivity contribution in [3.8, 4) is 0 Å². The van der Waals surface area contributed by atoms with E-state index in [9.17, 15) is 9.18 Å². The second kappa shape index (κ2) is 7.02. The first-order chi connectivity index (χ1) is 12.6. The van der Waals surface area contributed by atoms with Gasteiger partial charge in [-0.3, -0.25) is 4.79 Å². The highest BCUT2D eigenvalue weighted by atomic mass is 19.1. The zero-order chi connectivity index (χ0) is 18.1. The van der Waals surface area contributed by atoms with Gasteiger partial charge in [-0.05, 0) is 50.3 Å². The zero-order valence-electron chi connectivity index (χ0n) is 14.9. The highest BCUT2D eigenvalue weighted by Gasteiger charge is 2.29.